The first kappa shape index (κ1) is 5.48. The van der Waals surface area contributed by atoms with Crippen LogP contribution in [0.1, 0.15) is 19.3 Å². The van der Waals surface area contributed by atoms with Crippen LogP contribution in [0, 0.1) is 6.42 Å². The molecule has 1 fully saturated rings. The number of hydrogen-bond donors (Lipinski definition) is 0. The highest BCUT2D eigenvalue weighted by Crippen LogP contribution is 2.05. The van der Waals surface area contributed by atoms with Gasteiger partial charge in [0.05, 0.1) is 6.42 Å². The first-order valence-electron chi connectivity index (χ1n) is 2.87. The van der Waals surface area contributed by atoms with Crippen LogP contribution in [0.2, 0.25) is 0 Å². The van der Waals surface area contributed by atoms with Gasteiger partial charge in [-0.1, -0.05) is 0 Å². The number of carbonyl (C=O) groups excluding carboxylic acids is 1. The minimum absolute atomic E-state index is 0.0567. The molecule has 2 nitrogen and oxygen atoms in total. The van der Waals surface area contributed by atoms with Crippen molar-refractivity contribution in [2.75, 3.05) is 6.61 Å². The molecular formula is C6H9O2+. The SMILES string of the molecule is O=C1CCC[CH+]CO1. The molecule has 0 unspecified atom stereocenters. The molecule has 1 aliphatic heterocycles. The third-order valence-corrected chi connectivity index (χ3v) is 1.15. The number of cyclic esters (lactones) is 1. The second kappa shape index (κ2) is 2.60. The van der Waals surface area contributed by atoms with E-state index in [2.05, 4.69) is 0 Å². The van der Waals surface area contributed by atoms with Gasteiger partial charge in [-0.2, -0.15) is 0 Å². The summed E-state index contributed by atoms with van der Waals surface area (Å²) < 4.78 is 4.71. The molecule has 0 aromatic heterocycles. The van der Waals surface area contributed by atoms with Gasteiger partial charge in [-0.05, 0) is 6.42 Å². The van der Waals surface area contributed by atoms with Crippen LogP contribution < -0.4 is 0 Å². The van der Waals surface area contributed by atoms with Gasteiger partial charge >= 0.3 is 5.97 Å². The van der Waals surface area contributed by atoms with E-state index < -0.39 is 0 Å². The predicted octanol–water partition coefficient (Wildman–Crippen LogP) is 0.918. The minimum atomic E-state index is -0.0567. The van der Waals surface area contributed by atoms with Crippen molar-refractivity contribution in [1.29, 1.82) is 0 Å². The van der Waals surface area contributed by atoms with E-state index in [0.29, 0.717) is 13.0 Å². The average molecular weight is 113 g/mol. The van der Waals surface area contributed by atoms with E-state index in [0.717, 1.165) is 12.8 Å². The van der Waals surface area contributed by atoms with Gasteiger partial charge in [0, 0.05) is 6.42 Å². The highest BCUT2D eigenvalue weighted by molar-refractivity contribution is 5.69. The fourth-order valence-electron chi connectivity index (χ4n) is 0.698. The fraction of sp³-hybridized carbons (Fsp3) is 0.667. The lowest BCUT2D eigenvalue weighted by Gasteiger charge is -1.89. The summed E-state index contributed by atoms with van der Waals surface area (Å²) in [6.07, 6.45) is 4.56. The van der Waals surface area contributed by atoms with Crippen molar-refractivity contribution in [2.24, 2.45) is 0 Å². The topological polar surface area (TPSA) is 26.3 Å². The molecule has 0 radical (unpaired) electrons. The van der Waals surface area contributed by atoms with Crippen molar-refractivity contribution in [1.82, 2.24) is 0 Å². The van der Waals surface area contributed by atoms with Crippen molar-refractivity contribution in [3.63, 3.8) is 0 Å². The van der Waals surface area contributed by atoms with Crippen LogP contribution >= 0.6 is 0 Å². The van der Waals surface area contributed by atoms with Gasteiger partial charge in [0.15, 0.2) is 0 Å². The lowest BCUT2D eigenvalue weighted by atomic mass is 10.2. The predicted molar refractivity (Wildman–Crippen MR) is 29.1 cm³/mol. The van der Waals surface area contributed by atoms with Crippen LogP contribution in [-0.2, 0) is 9.53 Å². The summed E-state index contributed by atoms with van der Waals surface area (Å²) in [7, 11) is 0. The zero-order valence-corrected chi connectivity index (χ0v) is 4.72. The Hall–Kier alpha value is -0.660. The molecule has 0 aromatic rings. The number of hydrogen-bond acceptors (Lipinski definition) is 2. The van der Waals surface area contributed by atoms with Gasteiger partial charge < -0.3 is 4.74 Å². The molecule has 44 valence electrons. The summed E-state index contributed by atoms with van der Waals surface area (Å²) in [6, 6.07) is 0. The zero-order valence-electron chi connectivity index (χ0n) is 4.72. The Kier molecular flexibility index (Phi) is 1.78. The van der Waals surface area contributed by atoms with Crippen LogP contribution in [-0.4, -0.2) is 12.6 Å². The number of carbonyl (C=O) groups is 1. The first-order chi connectivity index (χ1) is 3.89. The lowest BCUT2D eigenvalue weighted by Crippen LogP contribution is -2.00. The summed E-state index contributed by atoms with van der Waals surface area (Å²) in [4.78, 5) is 10.4. The Labute approximate surface area is 48.8 Å². The second-order valence-electron chi connectivity index (χ2n) is 1.86. The summed E-state index contributed by atoms with van der Waals surface area (Å²) in [6.45, 7) is 0.513. The van der Waals surface area contributed by atoms with Gasteiger partial charge in [-0.15, -0.1) is 0 Å². The second-order valence-corrected chi connectivity index (χ2v) is 1.86. The Morgan fingerprint density at radius 1 is 1.62 bits per heavy atom. The summed E-state index contributed by atoms with van der Waals surface area (Å²) in [5, 5.41) is 0. The van der Waals surface area contributed by atoms with E-state index >= 15 is 0 Å². The summed E-state index contributed by atoms with van der Waals surface area (Å²) in [5.74, 6) is -0.0567. The maximum atomic E-state index is 10.4. The molecule has 1 saturated heterocycles. The van der Waals surface area contributed by atoms with Crippen LogP contribution in [0.25, 0.3) is 0 Å². The maximum Gasteiger partial charge on any atom is 0.309 e. The molecule has 0 bridgehead atoms. The standard InChI is InChI=1S/C6H9O2/c7-6-4-2-1-3-5-8-6/h3H,1-2,4-5H2/q+1. The van der Waals surface area contributed by atoms with Gasteiger partial charge in [0.25, 0.3) is 0 Å². The molecule has 0 aromatic carbocycles. The molecule has 0 spiro atoms. The quantitative estimate of drug-likeness (QED) is 0.345. The van der Waals surface area contributed by atoms with E-state index in [9.17, 15) is 4.79 Å². The van der Waals surface area contributed by atoms with Crippen LogP contribution in [0.4, 0.5) is 0 Å². The molecule has 0 atom stereocenters. The van der Waals surface area contributed by atoms with Crippen molar-refractivity contribution in [3.05, 3.63) is 6.42 Å². The molecule has 0 N–H and O–H groups in total. The van der Waals surface area contributed by atoms with Crippen molar-refractivity contribution in [3.8, 4) is 0 Å². The van der Waals surface area contributed by atoms with E-state index in [1.54, 1.807) is 0 Å². The molecular weight excluding hydrogens is 104 g/mol. The third-order valence-electron chi connectivity index (χ3n) is 1.15. The highest BCUT2D eigenvalue weighted by Gasteiger charge is 2.11. The molecule has 1 aliphatic rings. The highest BCUT2D eigenvalue weighted by atomic mass is 16.5. The number of ether oxygens (including phenoxy) is 1. The van der Waals surface area contributed by atoms with Gasteiger partial charge in [-0.25, -0.2) is 0 Å². The fourth-order valence-corrected chi connectivity index (χ4v) is 0.698. The molecule has 1 heterocycles. The number of esters is 1. The van der Waals surface area contributed by atoms with Gasteiger partial charge in [0.1, 0.15) is 6.42 Å². The van der Waals surface area contributed by atoms with E-state index in [1.807, 2.05) is 6.42 Å². The monoisotopic (exact) mass is 113 g/mol. The maximum absolute atomic E-state index is 10.4. The van der Waals surface area contributed by atoms with Crippen LogP contribution in [0.3, 0.4) is 0 Å². The minimum Gasteiger partial charge on any atom is -0.423 e. The molecule has 0 saturated carbocycles. The molecule has 0 aliphatic carbocycles. The summed E-state index contributed by atoms with van der Waals surface area (Å²) in [5.41, 5.74) is 0. The van der Waals surface area contributed by atoms with Crippen molar-refractivity contribution < 1.29 is 9.53 Å². The Balaban J connectivity index is 2.27. The molecule has 8 heavy (non-hydrogen) atoms. The Morgan fingerprint density at radius 2 is 2.50 bits per heavy atom. The third kappa shape index (κ3) is 1.45. The summed E-state index contributed by atoms with van der Waals surface area (Å²) >= 11 is 0. The molecule has 1 rings (SSSR count). The van der Waals surface area contributed by atoms with E-state index in [1.165, 1.54) is 0 Å². The average Bonchev–Trinajstić information content (AvgIpc) is 1.94. The van der Waals surface area contributed by atoms with Crippen molar-refractivity contribution >= 4 is 5.97 Å². The van der Waals surface area contributed by atoms with E-state index in [4.69, 9.17) is 4.74 Å². The molecule has 2 heteroatoms. The number of rotatable bonds is 0. The van der Waals surface area contributed by atoms with Crippen LogP contribution in [0.5, 0.6) is 0 Å². The van der Waals surface area contributed by atoms with Crippen LogP contribution in [0.15, 0.2) is 0 Å². The zero-order chi connectivity index (χ0) is 5.82. The Bertz CT molecular complexity index is 78.5. The Morgan fingerprint density at radius 3 is 3.38 bits per heavy atom. The first-order valence-corrected chi connectivity index (χ1v) is 2.87. The van der Waals surface area contributed by atoms with Gasteiger partial charge in [-0.3, -0.25) is 4.79 Å². The smallest absolute Gasteiger partial charge is 0.309 e. The largest absolute Gasteiger partial charge is 0.423 e. The molecule has 0 amide bonds. The van der Waals surface area contributed by atoms with Crippen molar-refractivity contribution in [2.45, 2.75) is 19.3 Å². The van der Waals surface area contributed by atoms with E-state index in [-0.39, 0.29) is 5.97 Å². The normalized spacial score (nSPS) is 20.8. The lowest BCUT2D eigenvalue weighted by molar-refractivity contribution is -0.142. The van der Waals surface area contributed by atoms with Gasteiger partial charge in [0.2, 0.25) is 6.61 Å².